The molecule has 9 heteroatoms. The molecule has 2 aromatic carbocycles. The van der Waals surface area contributed by atoms with Crippen LogP contribution in [0.15, 0.2) is 65.2 Å². The molecular weight excluding hydrogens is 457 g/mol. The number of hydrogen-bond acceptors (Lipinski definition) is 4. The third-order valence-corrected chi connectivity index (χ3v) is 5.45. The van der Waals surface area contributed by atoms with E-state index in [1.807, 2.05) is 6.92 Å². The van der Waals surface area contributed by atoms with Crippen molar-refractivity contribution in [3.8, 4) is 11.3 Å². The van der Waals surface area contributed by atoms with E-state index in [4.69, 9.17) is 11.6 Å². The van der Waals surface area contributed by atoms with Gasteiger partial charge in [0.15, 0.2) is 0 Å². The Morgan fingerprint density at radius 1 is 1.18 bits per heavy atom. The van der Waals surface area contributed by atoms with Gasteiger partial charge in [-0.1, -0.05) is 36.7 Å². The number of carbonyl (C=O) groups excluding carboxylic acids is 2. The molecule has 7 nitrogen and oxygen atoms in total. The summed E-state index contributed by atoms with van der Waals surface area (Å²) in [4.78, 5) is 29.2. The van der Waals surface area contributed by atoms with Gasteiger partial charge in [0.2, 0.25) is 0 Å². The molecule has 3 rings (SSSR count). The molecule has 0 saturated carbocycles. The molecule has 1 heterocycles. The summed E-state index contributed by atoms with van der Waals surface area (Å²) in [6.45, 7) is 3.66. The maximum Gasteiger partial charge on any atom is 0.258 e. The highest BCUT2D eigenvalue weighted by atomic mass is 35.5. The van der Waals surface area contributed by atoms with E-state index in [9.17, 15) is 14.0 Å². The number of halogens is 2. The van der Waals surface area contributed by atoms with Crippen molar-refractivity contribution >= 4 is 40.6 Å². The van der Waals surface area contributed by atoms with Gasteiger partial charge in [0.25, 0.3) is 11.8 Å². The van der Waals surface area contributed by atoms with Gasteiger partial charge in [-0.05, 0) is 43.7 Å². The van der Waals surface area contributed by atoms with Crippen molar-refractivity contribution in [3.05, 3.63) is 76.6 Å². The lowest BCUT2D eigenvalue weighted by Crippen LogP contribution is -2.19. The highest BCUT2D eigenvalue weighted by molar-refractivity contribution is 6.34. The maximum absolute atomic E-state index is 14.9. The Bertz CT molecular complexity index is 1300. The summed E-state index contributed by atoms with van der Waals surface area (Å²) in [6.07, 6.45) is 2.44. The molecule has 0 atom stereocenters. The largest absolute Gasteiger partial charge is 0.322 e. The third-order valence-electron chi connectivity index (χ3n) is 5.12. The Balaban J connectivity index is 1.80. The number of aliphatic imine (C=N–C) groups is 1. The zero-order chi connectivity index (χ0) is 24.8. The molecule has 2 amide bonds. The molecule has 34 heavy (non-hydrogen) atoms. The summed E-state index contributed by atoms with van der Waals surface area (Å²) in [7, 11) is 3.25. The van der Waals surface area contributed by atoms with E-state index >= 15 is 0 Å². The van der Waals surface area contributed by atoms with E-state index in [0.717, 1.165) is 0 Å². The van der Waals surface area contributed by atoms with Crippen LogP contribution < -0.4 is 10.6 Å². The first kappa shape index (κ1) is 24.9. The van der Waals surface area contributed by atoms with Crippen molar-refractivity contribution in [2.75, 3.05) is 17.7 Å². The molecule has 3 aromatic rings. The zero-order valence-electron chi connectivity index (χ0n) is 19.3. The van der Waals surface area contributed by atoms with Crippen molar-refractivity contribution in [2.24, 2.45) is 12.0 Å². The van der Waals surface area contributed by atoms with E-state index in [1.165, 1.54) is 16.8 Å². The van der Waals surface area contributed by atoms with Crippen LogP contribution in [0.25, 0.3) is 11.3 Å². The number of allylic oxidation sites excluding steroid dienone is 1. The fourth-order valence-electron chi connectivity index (χ4n) is 3.27. The zero-order valence-corrected chi connectivity index (χ0v) is 20.1. The van der Waals surface area contributed by atoms with Crippen molar-refractivity contribution in [2.45, 2.75) is 20.3 Å². The number of anilines is 2. The highest BCUT2D eigenvalue weighted by Gasteiger charge is 2.17. The average Bonchev–Trinajstić information content (AvgIpc) is 3.16. The number of aromatic nitrogens is 2. The monoisotopic (exact) mass is 481 g/mol. The summed E-state index contributed by atoms with van der Waals surface area (Å²) in [5.74, 6) is -0.956. The Morgan fingerprint density at radius 3 is 2.56 bits per heavy atom. The number of benzene rings is 2. The van der Waals surface area contributed by atoms with Crippen molar-refractivity contribution in [1.82, 2.24) is 9.78 Å². The molecule has 0 saturated heterocycles. The van der Waals surface area contributed by atoms with Gasteiger partial charge in [-0.2, -0.15) is 5.10 Å². The van der Waals surface area contributed by atoms with Gasteiger partial charge < -0.3 is 10.6 Å². The fourth-order valence-corrected chi connectivity index (χ4v) is 3.49. The normalized spacial score (nSPS) is 11.9. The molecule has 1 aromatic heterocycles. The predicted octanol–water partition coefficient (Wildman–Crippen LogP) is 5.50. The minimum atomic E-state index is -0.568. The number of hydrogen-bond donors (Lipinski definition) is 2. The molecule has 0 unspecified atom stereocenters. The van der Waals surface area contributed by atoms with Gasteiger partial charge in [0.1, 0.15) is 11.6 Å². The fraction of sp³-hybridized carbons (Fsp3) is 0.200. The number of nitrogens with one attached hydrogen (secondary N) is 2. The second-order valence-electron chi connectivity index (χ2n) is 7.46. The first-order valence-electron chi connectivity index (χ1n) is 10.6. The van der Waals surface area contributed by atoms with E-state index in [1.54, 1.807) is 63.5 Å². The van der Waals surface area contributed by atoms with Crippen LogP contribution in [0.3, 0.4) is 0 Å². The summed E-state index contributed by atoms with van der Waals surface area (Å²) in [5, 5.41) is 10.1. The van der Waals surface area contributed by atoms with E-state index < -0.39 is 11.7 Å². The Labute approximate surface area is 202 Å². The topological polar surface area (TPSA) is 88.4 Å². The van der Waals surface area contributed by atoms with Crippen LogP contribution in [0.5, 0.6) is 0 Å². The van der Waals surface area contributed by atoms with Crippen LogP contribution in [-0.4, -0.2) is 34.4 Å². The summed E-state index contributed by atoms with van der Waals surface area (Å²) >= 11 is 6.09. The van der Waals surface area contributed by atoms with E-state index in [0.29, 0.717) is 45.5 Å². The maximum atomic E-state index is 14.9. The lowest BCUT2D eigenvalue weighted by Gasteiger charge is -2.10. The first-order chi connectivity index (χ1) is 16.2. The molecule has 0 bridgehead atoms. The van der Waals surface area contributed by atoms with E-state index in [-0.39, 0.29) is 11.5 Å². The Kier molecular flexibility index (Phi) is 7.96. The second kappa shape index (κ2) is 10.9. The highest BCUT2D eigenvalue weighted by Crippen LogP contribution is 2.27. The summed E-state index contributed by atoms with van der Waals surface area (Å²) in [5.41, 5.74) is 2.21. The Hall–Kier alpha value is -3.78. The molecule has 0 aliphatic heterocycles. The number of aryl methyl sites for hydroxylation is 1. The first-order valence-corrected chi connectivity index (χ1v) is 11.0. The van der Waals surface area contributed by atoms with Crippen molar-refractivity contribution in [3.63, 3.8) is 0 Å². The van der Waals surface area contributed by atoms with Crippen LogP contribution in [0, 0.1) is 5.82 Å². The van der Waals surface area contributed by atoms with Gasteiger partial charge in [-0.3, -0.25) is 19.3 Å². The third kappa shape index (κ3) is 5.58. The molecule has 0 fully saturated rings. The van der Waals surface area contributed by atoms with Crippen LogP contribution >= 0.6 is 11.6 Å². The Morgan fingerprint density at radius 2 is 1.91 bits per heavy atom. The van der Waals surface area contributed by atoms with Gasteiger partial charge in [-0.15, -0.1) is 0 Å². The number of rotatable bonds is 7. The number of amides is 2. The molecule has 176 valence electrons. The molecule has 0 radical (unpaired) electrons. The van der Waals surface area contributed by atoms with Gasteiger partial charge in [0, 0.05) is 37.1 Å². The molecule has 2 N–H and O–H groups in total. The summed E-state index contributed by atoms with van der Waals surface area (Å²) in [6, 6.07) is 12.6. The lowest BCUT2D eigenvalue weighted by atomic mass is 10.1. The van der Waals surface area contributed by atoms with Crippen LogP contribution in [0.4, 0.5) is 15.9 Å². The minimum Gasteiger partial charge on any atom is -0.322 e. The minimum absolute atomic E-state index is 0.225. The molecule has 0 aliphatic rings. The van der Waals surface area contributed by atoms with Crippen molar-refractivity contribution in [1.29, 1.82) is 0 Å². The van der Waals surface area contributed by atoms with Crippen LogP contribution in [0.2, 0.25) is 5.02 Å². The van der Waals surface area contributed by atoms with Crippen molar-refractivity contribution < 1.29 is 14.0 Å². The summed E-state index contributed by atoms with van der Waals surface area (Å²) < 4.78 is 16.4. The van der Waals surface area contributed by atoms with Gasteiger partial charge in [0.05, 0.1) is 21.9 Å². The van der Waals surface area contributed by atoms with Gasteiger partial charge >= 0.3 is 0 Å². The second-order valence-corrected chi connectivity index (χ2v) is 7.86. The predicted molar refractivity (Wildman–Crippen MR) is 134 cm³/mol. The SMILES string of the molecule is CC/C=C(/C(=O)Nc1ccc(-c2cc(NC(=O)c3ccccc3Cl)n(C)n2)c(F)c1)C(C)=NC. The quantitative estimate of drug-likeness (QED) is 0.345. The van der Waals surface area contributed by atoms with E-state index in [2.05, 4.69) is 20.7 Å². The standard InChI is InChI=1S/C25H25ClFN5O2/c1-5-8-17(15(2)28-3)24(33)29-16-11-12-19(21(27)13-16)22-14-23(32(4)31-22)30-25(34)18-9-6-7-10-20(18)26/h6-14H,5H2,1-4H3,(H,29,33)(H,30,34)/b17-8+,28-15?. The van der Waals surface area contributed by atoms with Gasteiger partial charge in [-0.25, -0.2) is 4.39 Å². The molecule has 0 spiro atoms. The molecular formula is C25H25ClFN5O2. The number of nitrogens with zero attached hydrogens (tertiary/aromatic N) is 3. The molecule has 0 aliphatic carbocycles. The van der Waals surface area contributed by atoms with Crippen LogP contribution in [0.1, 0.15) is 30.6 Å². The number of carbonyl (C=O) groups is 2. The van der Waals surface area contributed by atoms with Crippen LogP contribution in [-0.2, 0) is 11.8 Å². The smallest absolute Gasteiger partial charge is 0.258 e. The average molecular weight is 482 g/mol. The lowest BCUT2D eigenvalue weighted by molar-refractivity contribution is -0.112.